The number of hydrogen-bond donors (Lipinski definition) is 2. The number of sulfonamides is 1. The maximum absolute atomic E-state index is 12.2. The van der Waals surface area contributed by atoms with E-state index in [1.165, 1.54) is 24.3 Å². The van der Waals surface area contributed by atoms with Crippen molar-refractivity contribution in [2.24, 2.45) is 0 Å². The van der Waals surface area contributed by atoms with E-state index in [9.17, 15) is 18.0 Å². The number of ether oxygens (including phenoxy) is 1. The minimum absolute atomic E-state index is 0.0414. The summed E-state index contributed by atoms with van der Waals surface area (Å²) in [7, 11) is -4.01. The Hall–Kier alpha value is -1.84. The van der Waals surface area contributed by atoms with Gasteiger partial charge in [-0.3, -0.25) is 9.59 Å². The fraction of sp³-hybridized carbons (Fsp3) is 0.176. The molecule has 0 spiro atoms. The molecule has 0 atom stereocenters. The standard InChI is InChI=1S/C17H15Cl3N2O5S/c18-11-3-1-4-12(9-11)22-15(23)10-27-16(24)7-8-21-28(25,26)17-13(19)5-2-6-14(17)20/h1-6,9,21H,7-8,10H2,(H,22,23). The number of nitrogens with one attached hydrogen (secondary N) is 2. The Morgan fingerprint density at radius 2 is 1.64 bits per heavy atom. The summed E-state index contributed by atoms with van der Waals surface area (Å²) in [5.74, 6) is -1.31. The van der Waals surface area contributed by atoms with Crippen LogP contribution >= 0.6 is 34.8 Å². The summed E-state index contributed by atoms with van der Waals surface area (Å²) < 4.78 is 31.5. The average Bonchev–Trinajstić information content (AvgIpc) is 2.59. The van der Waals surface area contributed by atoms with Gasteiger partial charge in [0.25, 0.3) is 5.91 Å². The molecule has 7 nitrogen and oxygen atoms in total. The van der Waals surface area contributed by atoms with Gasteiger partial charge in [0.1, 0.15) is 4.90 Å². The van der Waals surface area contributed by atoms with Crippen molar-refractivity contribution < 1.29 is 22.7 Å². The van der Waals surface area contributed by atoms with E-state index < -0.39 is 28.5 Å². The van der Waals surface area contributed by atoms with E-state index in [2.05, 4.69) is 10.0 Å². The second-order valence-corrected chi connectivity index (χ2v) is 8.37. The molecule has 11 heteroatoms. The smallest absolute Gasteiger partial charge is 0.307 e. The van der Waals surface area contributed by atoms with Gasteiger partial charge >= 0.3 is 5.97 Å². The third kappa shape index (κ3) is 6.65. The first-order chi connectivity index (χ1) is 13.2. The first-order valence-electron chi connectivity index (χ1n) is 7.84. The van der Waals surface area contributed by atoms with Crippen molar-refractivity contribution >= 4 is 62.4 Å². The number of hydrogen-bond acceptors (Lipinski definition) is 5. The number of benzene rings is 2. The van der Waals surface area contributed by atoms with Crippen molar-refractivity contribution in [3.63, 3.8) is 0 Å². The van der Waals surface area contributed by atoms with Gasteiger partial charge in [-0.15, -0.1) is 0 Å². The summed E-state index contributed by atoms with van der Waals surface area (Å²) in [6.45, 7) is -0.771. The Balaban J connectivity index is 1.79. The lowest BCUT2D eigenvalue weighted by molar-refractivity contribution is -0.147. The van der Waals surface area contributed by atoms with Gasteiger partial charge in [-0.25, -0.2) is 13.1 Å². The Kier molecular flexibility index (Phi) is 8.09. The van der Waals surface area contributed by atoms with Crippen LogP contribution in [0.1, 0.15) is 6.42 Å². The Bertz CT molecular complexity index is 962. The number of halogens is 3. The molecule has 0 aliphatic heterocycles. The summed E-state index contributed by atoms with van der Waals surface area (Å²) in [5, 5.41) is 2.87. The van der Waals surface area contributed by atoms with E-state index in [1.54, 1.807) is 18.2 Å². The topological polar surface area (TPSA) is 102 Å². The summed E-state index contributed by atoms with van der Waals surface area (Å²) in [4.78, 5) is 23.2. The molecule has 2 aromatic rings. The van der Waals surface area contributed by atoms with Gasteiger partial charge in [-0.1, -0.05) is 46.9 Å². The molecule has 2 rings (SSSR count). The predicted octanol–water partition coefficient (Wildman–Crippen LogP) is 3.50. The molecular weight excluding hydrogens is 451 g/mol. The van der Waals surface area contributed by atoms with Gasteiger partial charge < -0.3 is 10.1 Å². The molecule has 0 saturated heterocycles. The van der Waals surface area contributed by atoms with Gasteiger partial charge in [0.2, 0.25) is 10.0 Å². The van der Waals surface area contributed by atoms with Crippen LogP contribution in [0.3, 0.4) is 0 Å². The third-order valence-corrected chi connectivity index (χ3v) is 5.93. The molecule has 0 bridgehead atoms. The van der Waals surface area contributed by atoms with E-state index in [0.29, 0.717) is 10.7 Å². The Morgan fingerprint density at radius 3 is 2.29 bits per heavy atom. The molecule has 0 aliphatic rings. The van der Waals surface area contributed by atoms with Crippen LogP contribution in [0.15, 0.2) is 47.4 Å². The molecule has 150 valence electrons. The number of rotatable bonds is 8. The Labute approximate surface area is 177 Å². The number of amides is 1. The number of esters is 1. The predicted molar refractivity (Wildman–Crippen MR) is 107 cm³/mol. The van der Waals surface area contributed by atoms with E-state index in [-0.39, 0.29) is 27.9 Å². The molecule has 0 saturated carbocycles. The molecule has 0 unspecified atom stereocenters. The van der Waals surface area contributed by atoms with Gasteiger partial charge in [0.05, 0.1) is 16.5 Å². The van der Waals surface area contributed by atoms with Gasteiger partial charge in [0, 0.05) is 17.3 Å². The summed E-state index contributed by atoms with van der Waals surface area (Å²) >= 11 is 17.5. The highest BCUT2D eigenvalue weighted by Gasteiger charge is 2.21. The highest BCUT2D eigenvalue weighted by molar-refractivity contribution is 7.89. The minimum atomic E-state index is -4.01. The second kappa shape index (κ2) is 10.1. The van der Waals surface area contributed by atoms with E-state index >= 15 is 0 Å². The van der Waals surface area contributed by atoms with Crippen LogP contribution in [0.4, 0.5) is 5.69 Å². The molecule has 2 aromatic carbocycles. The van der Waals surface area contributed by atoms with Crippen molar-refractivity contribution in [3.8, 4) is 0 Å². The maximum atomic E-state index is 12.2. The highest BCUT2D eigenvalue weighted by Crippen LogP contribution is 2.28. The monoisotopic (exact) mass is 464 g/mol. The molecule has 0 radical (unpaired) electrons. The van der Waals surface area contributed by atoms with E-state index in [4.69, 9.17) is 39.5 Å². The van der Waals surface area contributed by atoms with Gasteiger partial charge in [0.15, 0.2) is 6.61 Å². The van der Waals surface area contributed by atoms with Crippen molar-refractivity contribution in [2.75, 3.05) is 18.5 Å². The van der Waals surface area contributed by atoms with Crippen LogP contribution in [0.25, 0.3) is 0 Å². The minimum Gasteiger partial charge on any atom is -0.456 e. The number of anilines is 1. The zero-order chi connectivity index (χ0) is 20.7. The van der Waals surface area contributed by atoms with E-state index in [1.807, 2.05) is 0 Å². The SMILES string of the molecule is O=C(COC(=O)CCNS(=O)(=O)c1c(Cl)cccc1Cl)Nc1cccc(Cl)c1. The summed E-state index contributed by atoms with van der Waals surface area (Å²) in [5.41, 5.74) is 0.456. The van der Waals surface area contributed by atoms with Crippen LogP contribution in [0, 0.1) is 0 Å². The Morgan fingerprint density at radius 1 is 1.00 bits per heavy atom. The lowest BCUT2D eigenvalue weighted by Gasteiger charge is -2.10. The highest BCUT2D eigenvalue weighted by atomic mass is 35.5. The lowest BCUT2D eigenvalue weighted by Crippen LogP contribution is -2.28. The molecule has 0 heterocycles. The maximum Gasteiger partial charge on any atom is 0.307 e. The normalized spacial score (nSPS) is 11.1. The van der Waals surface area contributed by atoms with Crippen molar-refractivity contribution in [3.05, 3.63) is 57.5 Å². The quantitative estimate of drug-likeness (QED) is 0.581. The summed E-state index contributed by atoms with van der Waals surface area (Å²) in [6.07, 6.45) is -0.286. The second-order valence-electron chi connectivity index (χ2n) is 5.42. The van der Waals surface area contributed by atoms with Crippen LogP contribution in [0.5, 0.6) is 0 Å². The lowest BCUT2D eigenvalue weighted by atomic mass is 10.3. The van der Waals surface area contributed by atoms with Gasteiger partial charge in [-0.2, -0.15) is 0 Å². The fourth-order valence-electron chi connectivity index (χ4n) is 2.08. The molecule has 1 amide bonds. The van der Waals surface area contributed by atoms with Crippen LogP contribution in [-0.2, 0) is 24.3 Å². The fourth-order valence-corrected chi connectivity index (χ4v) is 4.44. The largest absolute Gasteiger partial charge is 0.456 e. The van der Waals surface area contributed by atoms with Crippen molar-refractivity contribution in [1.29, 1.82) is 0 Å². The molecule has 0 fully saturated rings. The molecule has 2 N–H and O–H groups in total. The zero-order valence-corrected chi connectivity index (χ0v) is 17.3. The molecule has 0 aliphatic carbocycles. The summed E-state index contributed by atoms with van der Waals surface area (Å²) in [6, 6.07) is 10.7. The number of carbonyl (C=O) groups excluding carboxylic acids is 2. The number of carbonyl (C=O) groups is 2. The first kappa shape index (κ1) is 22.4. The average molecular weight is 466 g/mol. The first-order valence-corrected chi connectivity index (χ1v) is 10.5. The van der Waals surface area contributed by atoms with Crippen molar-refractivity contribution in [1.82, 2.24) is 4.72 Å². The zero-order valence-electron chi connectivity index (χ0n) is 14.2. The van der Waals surface area contributed by atoms with Gasteiger partial charge in [-0.05, 0) is 30.3 Å². The molecule has 28 heavy (non-hydrogen) atoms. The van der Waals surface area contributed by atoms with E-state index in [0.717, 1.165) is 0 Å². The third-order valence-electron chi connectivity index (χ3n) is 3.28. The molecular formula is C17H15Cl3N2O5S. The molecule has 0 aromatic heterocycles. The van der Waals surface area contributed by atoms with Crippen LogP contribution < -0.4 is 10.0 Å². The van der Waals surface area contributed by atoms with Crippen LogP contribution in [0.2, 0.25) is 15.1 Å². The van der Waals surface area contributed by atoms with Crippen LogP contribution in [-0.4, -0.2) is 33.4 Å². The van der Waals surface area contributed by atoms with Crippen molar-refractivity contribution in [2.45, 2.75) is 11.3 Å².